The highest BCUT2D eigenvalue weighted by molar-refractivity contribution is 7.14. The SMILES string of the molecule is CN1CCN(C(=O)c2ccc(-c3ccc(C(=O)Nc4nc(-c5ccc6c(c5)Cc5ccccc5-6)cs4)o3)cc2)CC1. The molecule has 2 aliphatic rings. The van der Waals surface area contributed by atoms with E-state index >= 15 is 0 Å². The van der Waals surface area contributed by atoms with Gasteiger partial charge in [0.2, 0.25) is 0 Å². The Kier molecular flexibility index (Phi) is 6.49. The molecule has 7 rings (SSSR count). The third-order valence-electron chi connectivity index (χ3n) is 7.85. The van der Waals surface area contributed by atoms with E-state index in [1.807, 2.05) is 34.5 Å². The largest absolute Gasteiger partial charge is 0.451 e. The second-order valence-corrected chi connectivity index (χ2v) is 11.4. The van der Waals surface area contributed by atoms with Crippen molar-refractivity contribution in [2.24, 2.45) is 0 Å². The molecule has 204 valence electrons. The first-order chi connectivity index (χ1) is 20.0. The zero-order valence-corrected chi connectivity index (χ0v) is 23.4. The summed E-state index contributed by atoms with van der Waals surface area (Å²) in [4.78, 5) is 34.5. The molecule has 3 aromatic carbocycles. The van der Waals surface area contributed by atoms with Gasteiger partial charge in [0.25, 0.3) is 11.8 Å². The van der Waals surface area contributed by atoms with Crippen LogP contribution in [0.25, 0.3) is 33.7 Å². The van der Waals surface area contributed by atoms with Crippen molar-refractivity contribution in [3.63, 3.8) is 0 Å². The van der Waals surface area contributed by atoms with Crippen molar-refractivity contribution in [3.8, 4) is 33.7 Å². The monoisotopic (exact) mass is 560 g/mol. The number of piperazine rings is 1. The number of rotatable bonds is 5. The second-order valence-electron chi connectivity index (χ2n) is 10.5. The third-order valence-corrected chi connectivity index (χ3v) is 8.61. The lowest BCUT2D eigenvalue weighted by Crippen LogP contribution is -2.47. The Hall–Kier alpha value is -4.53. The lowest BCUT2D eigenvalue weighted by atomic mass is 10.0. The normalized spacial score (nSPS) is 14.5. The van der Waals surface area contributed by atoms with Gasteiger partial charge in [-0.25, -0.2) is 4.98 Å². The molecule has 1 fully saturated rings. The van der Waals surface area contributed by atoms with Crippen LogP contribution in [-0.4, -0.2) is 59.8 Å². The molecule has 1 N–H and O–H groups in total. The minimum absolute atomic E-state index is 0.0389. The first-order valence-corrected chi connectivity index (χ1v) is 14.6. The Balaban J connectivity index is 1.01. The number of aromatic nitrogens is 1. The van der Waals surface area contributed by atoms with E-state index in [9.17, 15) is 9.59 Å². The number of nitrogens with one attached hydrogen (secondary N) is 1. The zero-order valence-electron chi connectivity index (χ0n) is 22.6. The second kappa shape index (κ2) is 10.5. The van der Waals surface area contributed by atoms with E-state index in [4.69, 9.17) is 4.42 Å². The average Bonchev–Trinajstić information content (AvgIpc) is 3.76. The number of thiazole rings is 1. The molecule has 0 bridgehead atoms. The molecular weight excluding hydrogens is 532 g/mol. The fraction of sp³-hybridized carbons (Fsp3) is 0.182. The number of furan rings is 1. The van der Waals surface area contributed by atoms with E-state index in [0.29, 0.717) is 16.5 Å². The molecule has 2 aromatic heterocycles. The smallest absolute Gasteiger partial charge is 0.293 e. The quantitative estimate of drug-likeness (QED) is 0.269. The number of nitrogens with zero attached hydrogens (tertiary/aromatic N) is 3. The maximum atomic E-state index is 12.9. The zero-order chi connectivity index (χ0) is 27.9. The summed E-state index contributed by atoms with van der Waals surface area (Å²) in [6.45, 7) is 3.23. The minimum atomic E-state index is -0.358. The van der Waals surface area contributed by atoms with E-state index in [1.165, 1.54) is 33.6 Å². The number of fused-ring (bicyclic) bond motifs is 3. The number of likely N-dealkylation sites (N-methyl/N-ethyl adjacent to an activating group) is 1. The van der Waals surface area contributed by atoms with Crippen LogP contribution in [0.3, 0.4) is 0 Å². The minimum Gasteiger partial charge on any atom is -0.451 e. The molecule has 0 saturated carbocycles. The summed E-state index contributed by atoms with van der Waals surface area (Å²) in [6, 6.07) is 25.7. The molecule has 0 radical (unpaired) electrons. The molecule has 41 heavy (non-hydrogen) atoms. The van der Waals surface area contributed by atoms with Gasteiger partial charge in [-0.3, -0.25) is 14.9 Å². The molecule has 1 aliphatic carbocycles. The number of carbonyl (C=O) groups is 2. The molecule has 0 atom stereocenters. The summed E-state index contributed by atoms with van der Waals surface area (Å²) in [7, 11) is 2.07. The van der Waals surface area contributed by atoms with E-state index in [-0.39, 0.29) is 17.6 Å². The van der Waals surface area contributed by atoms with Crippen molar-refractivity contribution in [1.82, 2.24) is 14.8 Å². The Morgan fingerprint density at radius 3 is 2.44 bits per heavy atom. The maximum Gasteiger partial charge on any atom is 0.293 e. The van der Waals surface area contributed by atoms with Crippen molar-refractivity contribution in [1.29, 1.82) is 0 Å². The fourth-order valence-corrected chi connectivity index (χ4v) is 6.23. The van der Waals surface area contributed by atoms with Crippen LogP contribution in [0.15, 0.2) is 88.7 Å². The van der Waals surface area contributed by atoms with Crippen LogP contribution in [0.5, 0.6) is 0 Å². The van der Waals surface area contributed by atoms with E-state index in [2.05, 4.69) is 64.7 Å². The van der Waals surface area contributed by atoms with Crippen LogP contribution in [-0.2, 0) is 6.42 Å². The van der Waals surface area contributed by atoms with Crippen LogP contribution in [0.4, 0.5) is 5.13 Å². The number of amides is 2. The topological polar surface area (TPSA) is 78.7 Å². The van der Waals surface area contributed by atoms with Crippen LogP contribution in [0.1, 0.15) is 32.0 Å². The summed E-state index contributed by atoms with van der Waals surface area (Å²) in [5.74, 6) is 0.442. The first-order valence-electron chi connectivity index (χ1n) is 13.7. The Bertz CT molecular complexity index is 1760. The number of carbonyl (C=O) groups excluding carboxylic acids is 2. The first kappa shape index (κ1) is 25.4. The number of hydrogen-bond donors (Lipinski definition) is 1. The van der Waals surface area contributed by atoms with Crippen molar-refractivity contribution < 1.29 is 14.0 Å². The summed E-state index contributed by atoms with van der Waals surface area (Å²) in [5, 5.41) is 5.33. The summed E-state index contributed by atoms with van der Waals surface area (Å²) < 4.78 is 5.87. The van der Waals surface area contributed by atoms with Gasteiger partial charge >= 0.3 is 0 Å². The number of hydrogen-bond acceptors (Lipinski definition) is 6. The molecule has 8 heteroatoms. The Morgan fingerprint density at radius 2 is 1.61 bits per heavy atom. The Labute approximate surface area is 242 Å². The molecule has 0 spiro atoms. The third kappa shape index (κ3) is 4.96. The predicted molar refractivity (Wildman–Crippen MR) is 161 cm³/mol. The van der Waals surface area contributed by atoms with Gasteiger partial charge < -0.3 is 14.2 Å². The molecule has 5 aromatic rings. The highest BCUT2D eigenvalue weighted by Gasteiger charge is 2.22. The Morgan fingerprint density at radius 1 is 0.854 bits per heavy atom. The van der Waals surface area contributed by atoms with E-state index < -0.39 is 0 Å². The fourth-order valence-electron chi connectivity index (χ4n) is 5.51. The molecule has 1 saturated heterocycles. The van der Waals surface area contributed by atoms with E-state index in [1.54, 1.807) is 12.1 Å². The highest BCUT2D eigenvalue weighted by atomic mass is 32.1. The van der Waals surface area contributed by atoms with E-state index in [0.717, 1.165) is 49.4 Å². The van der Waals surface area contributed by atoms with Crippen LogP contribution in [0, 0.1) is 0 Å². The van der Waals surface area contributed by atoms with Crippen molar-refractivity contribution in [2.45, 2.75) is 6.42 Å². The van der Waals surface area contributed by atoms with Gasteiger partial charge in [0.1, 0.15) is 5.76 Å². The van der Waals surface area contributed by atoms with Gasteiger partial charge in [-0.2, -0.15) is 0 Å². The molecule has 2 amide bonds. The molecule has 7 nitrogen and oxygen atoms in total. The van der Waals surface area contributed by atoms with Gasteiger partial charge in [0, 0.05) is 48.2 Å². The van der Waals surface area contributed by atoms with Gasteiger partial charge in [0.05, 0.1) is 5.69 Å². The highest BCUT2D eigenvalue weighted by Crippen LogP contribution is 2.38. The van der Waals surface area contributed by atoms with Crippen molar-refractivity contribution >= 4 is 28.3 Å². The van der Waals surface area contributed by atoms with Gasteiger partial charge in [0.15, 0.2) is 10.9 Å². The lowest BCUT2D eigenvalue weighted by Gasteiger charge is -2.32. The molecule has 1 aliphatic heterocycles. The van der Waals surface area contributed by atoms with Crippen LogP contribution < -0.4 is 5.32 Å². The molecular formula is C33H28N4O3S. The molecule has 3 heterocycles. The lowest BCUT2D eigenvalue weighted by molar-refractivity contribution is 0.0664. The van der Waals surface area contributed by atoms with Crippen molar-refractivity contribution in [2.75, 3.05) is 38.5 Å². The van der Waals surface area contributed by atoms with Gasteiger partial charge in [-0.05, 0) is 66.1 Å². The maximum absolute atomic E-state index is 12.9. The van der Waals surface area contributed by atoms with Crippen LogP contribution in [0.2, 0.25) is 0 Å². The van der Waals surface area contributed by atoms with Crippen LogP contribution >= 0.6 is 11.3 Å². The number of anilines is 1. The summed E-state index contributed by atoms with van der Waals surface area (Å²) in [6.07, 6.45) is 0.920. The van der Waals surface area contributed by atoms with Gasteiger partial charge in [-0.1, -0.05) is 48.5 Å². The standard InChI is InChI=1S/C33H28N4O3S/c1-36-14-16-37(17-15-36)32(39)22-8-6-21(7-9-22)29-12-13-30(40-29)31(38)35-33-34-28(20-41-33)24-10-11-27-25(19-24)18-23-4-2-3-5-26(23)27/h2-13,19-20H,14-18H2,1H3,(H,34,35,38). The average molecular weight is 561 g/mol. The van der Waals surface area contributed by atoms with Gasteiger partial charge in [-0.15, -0.1) is 11.3 Å². The summed E-state index contributed by atoms with van der Waals surface area (Å²) >= 11 is 1.38. The summed E-state index contributed by atoms with van der Waals surface area (Å²) in [5.41, 5.74) is 8.52. The number of benzene rings is 3. The van der Waals surface area contributed by atoms with Crippen molar-refractivity contribution in [3.05, 3.63) is 107 Å². The molecule has 0 unspecified atom stereocenters. The predicted octanol–water partition coefficient (Wildman–Crippen LogP) is 6.28.